The van der Waals surface area contributed by atoms with Crippen LogP contribution in [0.5, 0.6) is 0 Å². The molecule has 2 heterocycles. The Labute approximate surface area is 124 Å². The van der Waals surface area contributed by atoms with E-state index >= 15 is 0 Å². The summed E-state index contributed by atoms with van der Waals surface area (Å²) >= 11 is 8.92. The van der Waals surface area contributed by atoms with Gasteiger partial charge in [0.25, 0.3) is 0 Å². The molecule has 1 amide bonds. The lowest BCUT2D eigenvalue weighted by molar-refractivity contribution is -0.143. The highest BCUT2D eigenvalue weighted by Gasteiger charge is 2.31. The molecule has 104 valence electrons. The van der Waals surface area contributed by atoms with Crippen LogP contribution in [0, 0.1) is 5.92 Å². The second-order valence-corrected chi connectivity index (χ2v) is 7.25. The average molecular weight is 320 g/mol. The number of rotatable bonds is 6. The van der Waals surface area contributed by atoms with Gasteiger partial charge in [-0.05, 0) is 12.1 Å². The maximum Gasteiger partial charge on any atom is 0.303 e. The predicted octanol–water partition coefficient (Wildman–Crippen LogP) is 2.57. The summed E-state index contributed by atoms with van der Waals surface area (Å²) < 4.78 is 0.765. The van der Waals surface area contributed by atoms with E-state index in [1.807, 2.05) is 12.1 Å². The summed E-state index contributed by atoms with van der Waals surface area (Å²) in [6, 6.07) is 3.83. The van der Waals surface area contributed by atoms with Gasteiger partial charge in [-0.1, -0.05) is 11.6 Å². The lowest BCUT2D eigenvalue weighted by atomic mass is 9.96. The molecule has 1 saturated heterocycles. The molecule has 0 unspecified atom stereocenters. The summed E-state index contributed by atoms with van der Waals surface area (Å²) in [5.74, 6) is 0.656. The number of amides is 1. The van der Waals surface area contributed by atoms with Gasteiger partial charge in [-0.3, -0.25) is 9.59 Å². The van der Waals surface area contributed by atoms with Gasteiger partial charge in [0.15, 0.2) is 0 Å². The average Bonchev–Trinajstić information content (AvgIpc) is 2.68. The number of hydrogen-bond acceptors (Lipinski definition) is 4. The third-order valence-electron chi connectivity index (χ3n) is 2.87. The van der Waals surface area contributed by atoms with Gasteiger partial charge in [0.05, 0.1) is 16.5 Å². The third kappa shape index (κ3) is 4.40. The zero-order chi connectivity index (χ0) is 13.8. The Hall–Kier alpha value is -0.720. The van der Waals surface area contributed by atoms with Crippen LogP contribution in [0.25, 0.3) is 0 Å². The fraction of sp³-hybridized carbons (Fsp3) is 0.500. The number of thiophene rings is 1. The number of carbonyl (C=O) groups is 2. The fourth-order valence-corrected chi connectivity index (χ4v) is 4.03. The van der Waals surface area contributed by atoms with Crippen molar-refractivity contribution in [1.82, 2.24) is 4.90 Å². The van der Waals surface area contributed by atoms with Crippen molar-refractivity contribution in [3.05, 3.63) is 21.3 Å². The van der Waals surface area contributed by atoms with Crippen molar-refractivity contribution in [2.45, 2.75) is 12.2 Å². The number of carbonyl (C=O) groups excluding carboxylic acids is 1. The Bertz CT molecular complexity index is 471. The molecule has 1 aliphatic rings. The molecule has 0 saturated carbocycles. The van der Waals surface area contributed by atoms with Gasteiger partial charge in [-0.2, -0.15) is 0 Å². The van der Waals surface area contributed by atoms with Gasteiger partial charge in [0.1, 0.15) is 0 Å². The van der Waals surface area contributed by atoms with Crippen molar-refractivity contribution in [3.8, 4) is 0 Å². The lowest BCUT2D eigenvalue weighted by Gasteiger charge is -2.38. The molecular formula is C12H14ClNO3S2. The number of carboxylic acid groups (broad SMARTS) is 1. The maximum absolute atomic E-state index is 11.8. The zero-order valence-electron chi connectivity index (χ0n) is 10.2. The van der Waals surface area contributed by atoms with E-state index in [2.05, 4.69) is 0 Å². The minimum Gasteiger partial charge on any atom is -0.481 e. The summed E-state index contributed by atoms with van der Waals surface area (Å²) in [7, 11) is 0. The Morgan fingerprint density at radius 1 is 1.47 bits per heavy atom. The molecule has 0 spiro atoms. The molecular weight excluding hydrogens is 306 g/mol. The Morgan fingerprint density at radius 3 is 2.79 bits per heavy atom. The number of carboxylic acids is 1. The van der Waals surface area contributed by atoms with E-state index in [1.54, 1.807) is 16.7 Å². The van der Waals surface area contributed by atoms with E-state index in [0.29, 0.717) is 18.8 Å². The second kappa shape index (κ2) is 6.63. The van der Waals surface area contributed by atoms with Crippen molar-refractivity contribution in [2.24, 2.45) is 5.92 Å². The van der Waals surface area contributed by atoms with E-state index in [-0.39, 0.29) is 18.2 Å². The monoisotopic (exact) mass is 319 g/mol. The van der Waals surface area contributed by atoms with Crippen molar-refractivity contribution in [3.63, 3.8) is 0 Å². The van der Waals surface area contributed by atoms with Gasteiger partial charge in [-0.15, -0.1) is 23.1 Å². The molecule has 1 N–H and O–H groups in total. The van der Waals surface area contributed by atoms with Crippen LogP contribution in [0.4, 0.5) is 0 Å². The first-order valence-corrected chi connectivity index (χ1v) is 8.21. The fourth-order valence-electron chi connectivity index (χ4n) is 1.91. The first-order chi connectivity index (χ1) is 9.04. The van der Waals surface area contributed by atoms with Gasteiger partial charge in [0, 0.05) is 29.6 Å². The molecule has 1 fully saturated rings. The number of likely N-dealkylation sites (tertiary alicyclic amines) is 1. The van der Waals surface area contributed by atoms with Gasteiger partial charge >= 0.3 is 5.97 Å². The van der Waals surface area contributed by atoms with Gasteiger partial charge < -0.3 is 10.0 Å². The largest absolute Gasteiger partial charge is 0.481 e. The van der Waals surface area contributed by atoms with Crippen LogP contribution < -0.4 is 0 Å². The Morgan fingerprint density at radius 2 is 2.21 bits per heavy atom. The van der Waals surface area contributed by atoms with Crippen LogP contribution in [-0.2, 0) is 15.3 Å². The molecule has 1 aromatic rings. The number of halogens is 1. The van der Waals surface area contributed by atoms with E-state index < -0.39 is 5.97 Å². The lowest BCUT2D eigenvalue weighted by Crippen LogP contribution is -2.51. The predicted molar refractivity (Wildman–Crippen MR) is 77.8 cm³/mol. The molecule has 0 atom stereocenters. The summed E-state index contributed by atoms with van der Waals surface area (Å²) in [5.41, 5.74) is 0. The molecule has 1 aromatic heterocycles. The van der Waals surface area contributed by atoms with Crippen LogP contribution in [0.15, 0.2) is 12.1 Å². The molecule has 0 bridgehead atoms. The molecule has 1 aliphatic heterocycles. The smallest absolute Gasteiger partial charge is 0.303 e. The highest BCUT2D eigenvalue weighted by Crippen LogP contribution is 2.26. The zero-order valence-corrected chi connectivity index (χ0v) is 12.6. The molecule has 7 heteroatoms. The van der Waals surface area contributed by atoms with Gasteiger partial charge in [-0.25, -0.2) is 0 Å². The van der Waals surface area contributed by atoms with E-state index in [1.165, 1.54) is 11.3 Å². The number of hydrogen-bond donors (Lipinski definition) is 1. The van der Waals surface area contributed by atoms with Crippen LogP contribution in [-0.4, -0.2) is 40.7 Å². The third-order valence-corrected chi connectivity index (χ3v) is 5.25. The summed E-state index contributed by atoms with van der Waals surface area (Å²) in [6.07, 6.45) is 0.157. The summed E-state index contributed by atoms with van der Waals surface area (Å²) in [5, 5.41) is 8.63. The van der Waals surface area contributed by atoms with Crippen molar-refractivity contribution < 1.29 is 14.7 Å². The van der Waals surface area contributed by atoms with Crippen LogP contribution >= 0.6 is 34.7 Å². The van der Waals surface area contributed by atoms with E-state index in [4.69, 9.17) is 16.7 Å². The standard InChI is InChI=1S/C12H14ClNO3S2/c13-10-2-1-9(19-10)6-18-7-11(15)14-4-8(5-14)3-12(16)17/h1-2,8H,3-7H2,(H,16,17). The number of nitrogens with zero attached hydrogens (tertiary/aromatic N) is 1. The number of thioether (sulfide) groups is 1. The highest BCUT2D eigenvalue weighted by atomic mass is 35.5. The molecule has 2 rings (SSSR count). The quantitative estimate of drug-likeness (QED) is 0.875. The molecule has 0 aliphatic carbocycles. The Kier molecular flexibility index (Phi) is 5.13. The highest BCUT2D eigenvalue weighted by molar-refractivity contribution is 7.99. The normalized spacial score (nSPS) is 15.3. The first-order valence-electron chi connectivity index (χ1n) is 5.86. The summed E-state index contributed by atoms with van der Waals surface area (Å²) in [4.78, 5) is 25.2. The number of aliphatic carboxylic acids is 1. The van der Waals surface area contributed by atoms with Crippen molar-refractivity contribution >= 4 is 46.6 Å². The minimum atomic E-state index is -0.791. The van der Waals surface area contributed by atoms with Gasteiger partial charge in [0.2, 0.25) is 5.91 Å². The summed E-state index contributed by atoms with van der Waals surface area (Å²) in [6.45, 7) is 1.16. The first kappa shape index (κ1) is 14.7. The molecule has 0 radical (unpaired) electrons. The molecule has 19 heavy (non-hydrogen) atoms. The molecule has 4 nitrogen and oxygen atoms in total. The van der Waals surface area contributed by atoms with Crippen LogP contribution in [0.1, 0.15) is 11.3 Å². The van der Waals surface area contributed by atoms with E-state index in [0.717, 1.165) is 15.0 Å². The van der Waals surface area contributed by atoms with Crippen molar-refractivity contribution in [2.75, 3.05) is 18.8 Å². The van der Waals surface area contributed by atoms with Crippen molar-refractivity contribution in [1.29, 1.82) is 0 Å². The topological polar surface area (TPSA) is 57.6 Å². The molecule has 0 aromatic carbocycles. The maximum atomic E-state index is 11.8. The second-order valence-electron chi connectivity index (χ2n) is 4.46. The van der Waals surface area contributed by atoms with Crippen LogP contribution in [0.2, 0.25) is 4.34 Å². The minimum absolute atomic E-state index is 0.0919. The SMILES string of the molecule is O=C(O)CC1CN(C(=O)CSCc2ccc(Cl)s2)C1. The Balaban J connectivity index is 1.62. The van der Waals surface area contributed by atoms with Crippen LogP contribution in [0.3, 0.4) is 0 Å². The van der Waals surface area contributed by atoms with E-state index in [9.17, 15) is 9.59 Å².